The van der Waals surface area contributed by atoms with E-state index in [1.165, 1.54) is 5.56 Å². The maximum absolute atomic E-state index is 12.1. The van der Waals surface area contributed by atoms with Crippen LogP contribution in [0, 0.1) is 0 Å². The number of hydrogen-bond acceptors (Lipinski definition) is 3. The Bertz CT molecular complexity index is 535. The zero-order valence-corrected chi connectivity index (χ0v) is 12.5. The Morgan fingerprint density at radius 2 is 1.89 bits per heavy atom. The first kappa shape index (κ1) is 13.9. The molecule has 1 heterocycles. The van der Waals surface area contributed by atoms with Gasteiger partial charge in [-0.05, 0) is 11.0 Å². The summed E-state index contributed by atoms with van der Waals surface area (Å²) in [6, 6.07) is 7.97. The van der Waals surface area contributed by atoms with Crippen molar-refractivity contribution in [3.8, 4) is 0 Å². The van der Waals surface area contributed by atoms with Crippen LogP contribution in [0.2, 0.25) is 0 Å². The number of rotatable bonds is 4. The Kier molecular flexibility index (Phi) is 4.15. The molecule has 1 aromatic carbocycles. The molecule has 0 amide bonds. The van der Waals surface area contributed by atoms with E-state index < -0.39 is 0 Å². The van der Waals surface area contributed by atoms with Crippen LogP contribution in [0.1, 0.15) is 48.1 Å². The van der Waals surface area contributed by atoms with Crippen molar-refractivity contribution in [2.24, 2.45) is 0 Å². The molecule has 0 aliphatic carbocycles. The van der Waals surface area contributed by atoms with E-state index in [1.54, 1.807) is 17.5 Å². The molecule has 0 aliphatic rings. The van der Waals surface area contributed by atoms with Crippen LogP contribution in [0.25, 0.3) is 0 Å². The lowest BCUT2D eigenvalue weighted by atomic mass is 9.86. The topological polar surface area (TPSA) is 30.0 Å². The minimum Gasteiger partial charge on any atom is -0.294 e. The van der Waals surface area contributed by atoms with Crippen LogP contribution in [0.15, 0.2) is 35.8 Å². The largest absolute Gasteiger partial charge is 0.294 e. The Morgan fingerprint density at radius 1 is 1.21 bits per heavy atom. The summed E-state index contributed by atoms with van der Waals surface area (Å²) < 4.78 is 0. The van der Waals surface area contributed by atoms with Crippen LogP contribution in [0.5, 0.6) is 0 Å². The van der Waals surface area contributed by atoms with E-state index in [2.05, 4.69) is 37.9 Å². The summed E-state index contributed by atoms with van der Waals surface area (Å²) in [4.78, 5) is 16.3. The van der Waals surface area contributed by atoms with Crippen molar-refractivity contribution in [2.75, 3.05) is 0 Å². The van der Waals surface area contributed by atoms with Crippen molar-refractivity contribution in [1.82, 2.24) is 4.98 Å². The van der Waals surface area contributed by atoms with Gasteiger partial charge in [0.05, 0.1) is 5.01 Å². The van der Waals surface area contributed by atoms with Crippen LogP contribution in [0.3, 0.4) is 0 Å². The van der Waals surface area contributed by atoms with Crippen molar-refractivity contribution in [3.05, 3.63) is 52.0 Å². The molecule has 0 spiro atoms. The quantitative estimate of drug-likeness (QED) is 0.779. The van der Waals surface area contributed by atoms with Gasteiger partial charge in [-0.3, -0.25) is 4.79 Å². The van der Waals surface area contributed by atoms with E-state index in [0.717, 1.165) is 17.0 Å². The van der Waals surface area contributed by atoms with Gasteiger partial charge in [-0.25, -0.2) is 4.98 Å². The van der Waals surface area contributed by atoms with Crippen molar-refractivity contribution >= 4 is 17.1 Å². The summed E-state index contributed by atoms with van der Waals surface area (Å²) in [6.07, 6.45) is 3.04. The van der Waals surface area contributed by atoms with E-state index in [1.807, 2.05) is 17.5 Å². The fourth-order valence-electron chi connectivity index (χ4n) is 1.90. The molecule has 19 heavy (non-hydrogen) atoms. The minimum absolute atomic E-state index is 0.127. The number of nitrogens with zero attached hydrogens (tertiary/aromatic N) is 1. The normalized spacial score (nSPS) is 11.5. The number of hydrogen-bond donors (Lipinski definition) is 0. The zero-order chi connectivity index (χ0) is 13.9. The van der Waals surface area contributed by atoms with Gasteiger partial charge in [-0.2, -0.15) is 0 Å². The molecule has 0 unspecified atom stereocenters. The van der Waals surface area contributed by atoms with Crippen LogP contribution in [-0.2, 0) is 11.8 Å². The lowest BCUT2D eigenvalue weighted by Crippen LogP contribution is -2.11. The fraction of sp³-hybridized carbons (Fsp3) is 0.375. The Morgan fingerprint density at radius 3 is 2.42 bits per heavy atom. The SMILES string of the molecule is CC(C)(C)c1ccc(C(=O)CCc2nccs2)cc1. The molecule has 2 aromatic rings. The Balaban J connectivity index is 2.00. The maximum Gasteiger partial charge on any atom is 0.163 e. The Hall–Kier alpha value is -1.48. The second-order valence-electron chi connectivity index (χ2n) is 5.68. The maximum atomic E-state index is 12.1. The smallest absolute Gasteiger partial charge is 0.163 e. The number of ketones is 1. The van der Waals surface area contributed by atoms with Crippen molar-refractivity contribution in [3.63, 3.8) is 0 Å². The van der Waals surface area contributed by atoms with Crippen molar-refractivity contribution in [1.29, 1.82) is 0 Å². The highest BCUT2D eigenvalue weighted by Gasteiger charge is 2.14. The van der Waals surface area contributed by atoms with Gasteiger partial charge in [0.25, 0.3) is 0 Å². The summed E-state index contributed by atoms with van der Waals surface area (Å²) in [5.74, 6) is 0.190. The second kappa shape index (κ2) is 5.66. The molecule has 3 heteroatoms. The first-order chi connectivity index (χ1) is 8.97. The van der Waals surface area contributed by atoms with Crippen LogP contribution in [0.4, 0.5) is 0 Å². The predicted molar refractivity (Wildman–Crippen MR) is 79.9 cm³/mol. The molecule has 0 saturated heterocycles. The summed E-state index contributed by atoms with van der Waals surface area (Å²) in [7, 11) is 0. The lowest BCUT2D eigenvalue weighted by molar-refractivity contribution is 0.0983. The molecular formula is C16H19NOS. The Labute approximate surface area is 118 Å². The molecule has 2 nitrogen and oxygen atoms in total. The molecular weight excluding hydrogens is 254 g/mol. The first-order valence-electron chi connectivity index (χ1n) is 6.49. The van der Waals surface area contributed by atoms with Gasteiger partial charge < -0.3 is 0 Å². The van der Waals surface area contributed by atoms with Gasteiger partial charge in [0, 0.05) is 30.0 Å². The van der Waals surface area contributed by atoms with Gasteiger partial charge in [-0.1, -0.05) is 45.0 Å². The average Bonchev–Trinajstić information content (AvgIpc) is 2.88. The van der Waals surface area contributed by atoms with Gasteiger partial charge in [0.15, 0.2) is 5.78 Å². The van der Waals surface area contributed by atoms with Crippen LogP contribution >= 0.6 is 11.3 Å². The third-order valence-electron chi connectivity index (χ3n) is 3.12. The lowest BCUT2D eigenvalue weighted by Gasteiger charge is -2.18. The molecule has 0 bridgehead atoms. The molecule has 0 fully saturated rings. The molecule has 2 rings (SSSR count). The first-order valence-corrected chi connectivity index (χ1v) is 7.37. The third-order valence-corrected chi connectivity index (χ3v) is 3.96. The van der Waals surface area contributed by atoms with Crippen molar-refractivity contribution in [2.45, 2.75) is 39.0 Å². The fourth-order valence-corrected chi connectivity index (χ4v) is 2.52. The number of carbonyl (C=O) groups excluding carboxylic acids is 1. The van der Waals surface area contributed by atoms with E-state index in [0.29, 0.717) is 6.42 Å². The number of benzene rings is 1. The molecule has 0 aliphatic heterocycles. The number of aryl methyl sites for hydroxylation is 1. The molecule has 100 valence electrons. The summed E-state index contributed by atoms with van der Waals surface area (Å²) >= 11 is 1.60. The third kappa shape index (κ3) is 3.74. The van der Waals surface area contributed by atoms with Crippen molar-refractivity contribution < 1.29 is 4.79 Å². The average molecular weight is 273 g/mol. The number of thiazole rings is 1. The molecule has 0 saturated carbocycles. The van der Waals surface area contributed by atoms with Crippen LogP contribution in [-0.4, -0.2) is 10.8 Å². The number of carbonyl (C=O) groups is 1. The number of aromatic nitrogens is 1. The summed E-state index contributed by atoms with van der Waals surface area (Å²) in [5.41, 5.74) is 2.18. The highest BCUT2D eigenvalue weighted by molar-refractivity contribution is 7.09. The van der Waals surface area contributed by atoms with Crippen LogP contribution < -0.4 is 0 Å². The van der Waals surface area contributed by atoms with E-state index >= 15 is 0 Å². The molecule has 0 N–H and O–H groups in total. The monoisotopic (exact) mass is 273 g/mol. The molecule has 0 atom stereocenters. The zero-order valence-electron chi connectivity index (χ0n) is 11.6. The second-order valence-corrected chi connectivity index (χ2v) is 6.66. The van der Waals surface area contributed by atoms with Gasteiger partial charge in [0.2, 0.25) is 0 Å². The van der Waals surface area contributed by atoms with E-state index in [-0.39, 0.29) is 11.2 Å². The van der Waals surface area contributed by atoms with Gasteiger partial charge in [0.1, 0.15) is 0 Å². The molecule has 1 aromatic heterocycles. The van der Waals surface area contributed by atoms with E-state index in [4.69, 9.17) is 0 Å². The van der Waals surface area contributed by atoms with Gasteiger partial charge in [-0.15, -0.1) is 11.3 Å². The van der Waals surface area contributed by atoms with E-state index in [9.17, 15) is 4.79 Å². The highest BCUT2D eigenvalue weighted by atomic mass is 32.1. The standard InChI is InChI=1S/C16H19NOS/c1-16(2,3)13-6-4-12(5-7-13)14(18)8-9-15-17-10-11-19-15/h4-7,10-11H,8-9H2,1-3H3. The highest BCUT2D eigenvalue weighted by Crippen LogP contribution is 2.22. The van der Waals surface area contributed by atoms with Gasteiger partial charge >= 0.3 is 0 Å². The number of Topliss-reactive ketones (excluding diaryl/α,β-unsaturated/α-hetero) is 1. The molecule has 0 radical (unpaired) electrons. The summed E-state index contributed by atoms with van der Waals surface area (Å²) in [6.45, 7) is 6.52. The summed E-state index contributed by atoms with van der Waals surface area (Å²) in [5, 5.41) is 2.97. The minimum atomic E-state index is 0.127. The predicted octanol–water partition coefficient (Wildman–Crippen LogP) is 4.26.